The van der Waals surface area contributed by atoms with Crippen molar-refractivity contribution in [3.63, 3.8) is 0 Å². The van der Waals surface area contributed by atoms with Gasteiger partial charge in [0.1, 0.15) is 11.6 Å². The quantitative estimate of drug-likeness (QED) is 0.686. The van der Waals surface area contributed by atoms with Crippen molar-refractivity contribution in [3.8, 4) is 6.07 Å². The first-order valence-corrected chi connectivity index (χ1v) is 6.77. The van der Waals surface area contributed by atoms with Crippen LogP contribution in [0.5, 0.6) is 0 Å². The number of pyridine rings is 1. The van der Waals surface area contributed by atoms with Crippen LogP contribution in [0.15, 0.2) is 24.4 Å². The molecule has 1 N–H and O–H groups in total. The van der Waals surface area contributed by atoms with E-state index in [1.165, 1.54) is 23.6 Å². The van der Waals surface area contributed by atoms with Gasteiger partial charge in [0, 0.05) is 11.1 Å². The second-order valence-corrected chi connectivity index (χ2v) is 5.68. The first-order valence-electron chi connectivity index (χ1n) is 5.58. The largest absolute Gasteiger partial charge is 0.357 e. The molecule has 102 valence electrons. The predicted molar refractivity (Wildman–Crippen MR) is 77.0 cm³/mol. The Bertz CT molecular complexity index is 695. The van der Waals surface area contributed by atoms with Crippen LogP contribution in [0.1, 0.15) is 23.4 Å². The van der Waals surface area contributed by atoms with Gasteiger partial charge in [0.05, 0.1) is 15.3 Å². The van der Waals surface area contributed by atoms with Gasteiger partial charge in [0.2, 0.25) is 5.82 Å². The Morgan fingerprint density at radius 1 is 1.55 bits per heavy atom. The predicted octanol–water partition coefficient (Wildman–Crippen LogP) is 3.75. The Balaban J connectivity index is 2.34. The van der Waals surface area contributed by atoms with E-state index in [0.717, 1.165) is 4.88 Å². The number of halogens is 1. The highest BCUT2D eigenvalue weighted by Crippen LogP contribution is 2.32. The first kappa shape index (κ1) is 14.2. The highest BCUT2D eigenvalue weighted by atomic mass is 35.5. The van der Waals surface area contributed by atoms with Crippen LogP contribution in [-0.2, 0) is 0 Å². The van der Waals surface area contributed by atoms with Crippen LogP contribution in [-0.4, -0.2) is 9.91 Å². The maximum absolute atomic E-state index is 11.1. The van der Waals surface area contributed by atoms with Crippen molar-refractivity contribution in [2.75, 3.05) is 5.32 Å². The lowest BCUT2D eigenvalue weighted by Crippen LogP contribution is -2.09. The van der Waals surface area contributed by atoms with Crippen molar-refractivity contribution in [1.82, 2.24) is 4.98 Å². The number of rotatable bonds is 4. The average Bonchev–Trinajstić information content (AvgIpc) is 2.84. The van der Waals surface area contributed by atoms with Gasteiger partial charge in [-0.25, -0.2) is 4.98 Å². The summed E-state index contributed by atoms with van der Waals surface area (Å²) in [6.45, 7) is 1.84. The van der Waals surface area contributed by atoms with Gasteiger partial charge in [-0.15, -0.1) is 11.3 Å². The Labute approximate surface area is 123 Å². The normalized spacial score (nSPS) is 11.7. The Morgan fingerprint density at radius 3 is 2.85 bits per heavy atom. The van der Waals surface area contributed by atoms with Crippen molar-refractivity contribution in [2.45, 2.75) is 13.0 Å². The number of nitro groups is 1. The third kappa shape index (κ3) is 2.87. The number of nitrogens with zero attached hydrogens (tertiary/aromatic N) is 3. The molecule has 0 spiro atoms. The van der Waals surface area contributed by atoms with Crippen LogP contribution in [0.25, 0.3) is 0 Å². The summed E-state index contributed by atoms with van der Waals surface area (Å²) >= 11 is 7.24. The van der Waals surface area contributed by atoms with Crippen molar-refractivity contribution < 1.29 is 4.92 Å². The summed E-state index contributed by atoms with van der Waals surface area (Å²) in [5.74, 6) is 0.0751. The zero-order valence-corrected chi connectivity index (χ0v) is 11.9. The minimum atomic E-state index is -0.609. The van der Waals surface area contributed by atoms with E-state index in [9.17, 15) is 10.1 Å². The molecule has 2 aromatic heterocycles. The number of hydrogen-bond acceptors (Lipinski definition) is 6. The second kappa shape index (κ2) is 5.86. The fraction of sp³-hybridized carbons (Fsp3) is 0.167. The number of anilines is 1. The lowest BCUT2D eigenvalue weighted by molar-refractivity contribution is -0.384. The van der Waals surface area contributed by atoms with E-state index in [1.807, 2.05) is 13.0 Å². The third-order valence-corrected chi connectivity index (χ3v) is 4.02. The number of thiophene rings is 1. The second-order valence-electron chi connectivity index (χ2n) is 3.93. The smallest absolute Gasteiger partial charge is 0.328 e. The molecular weight excluding hydrogens is 300 g/mol. The lowest BCUT2D eigenvalue weighted by atomic mass is 10.2. The molecule has 0 saturated carbocycles. The minimum absolute atomic E-state index is 0.0242. The molecule has 0 aliphatic heterocycles. The van der Waals surface area contributed by atoms with Crippen LogP contribution in [0, 0.1) is 21.4 Å². The van der Waals surface area contributed by atoms with Crippen LogP contribution in [0.4, 0.5) is 11.5 Å². The van der Waals surface area contributed by atoms with E-state index in [2.05, 4.69) is 10.3 Å². The van der Waals surface area contributed by atoms with Crippen LogP contribution in [0.2, 0.25) is 4.34 Å². The summed E-state index contributed by atoms with van der Waals surface area (Å²) in [5.41, 5.74) is -0.339. The Hall–Kier alpha value is -2.17. The molecule has 20 heavy (non-hydrogen) atoms. The molecule has 1 unspecified atom stereocenters. The molecule has 2 aromatic rings. The average molecular weight is 309 g/mol. The molecule has 2 heterocycles. The van der Waals surface area contributed by atoms with E-state index in [-0.39, 0.29) is 23.1 Å². The molecule has 0 radical (unpaired) electrons. The summed E-state index contributed by atoms with van der Waals surface area (Å²) in [5, 5.41) is 22.9. The molecular formula is C12H9ClN4O2S. The van der Waals surface area contributed by atoms with Crippen molar-refractivity contribution in [1.29, 1.82) is 5.26 Å². The highest BCUT2D eigenvalue weighted by molar-refractivity contribution is 7.16. The van der Waals surface area contributed by atoms with Crippen molar-refractivity contribution in [2.24, 2.45) is 0 Å². The molecule has 0 bridgehead atoms. The molecule has 2 rings (SSSR count). The maximum atomic E-state index is 11.1. The van der Waals surface area contributed by atoms with Crippen LogP contribution < -0.4 is 5.32 Å². The summed E-state index contributed by atoms with van der Waals surface area (Å²) in [6.07, 6.45) is 1.36. The van der Waals surface area contributed by atoms with Gasteiger partial charge in [-0.1, -0.05) is 11.6 Å². The summed E-state index contributed by atoms with van der Waals surface area (Å²) in [6, 6.07) is 6.50. The Kier molecular flexibility index (Phi) is 4.17. The molecule has 1 atom stereocenters. The summed E-state index contributed by atoms with van der Waals surface area (Å²) < 4.78 is 0.641. The molecule has 0 saturated heterocycles. The van der Waals surface area contributed by atoms with Gasteiger partial charge in [-0.05, 0) is 25.1 Å². The number of hydrogen-bond donors (Lipinski definition) is 1. The van der Waals surface area contributed by atoms with Crippen LogP contribution >= 0.6 is 22.9 Å². The molecule has 0 aliphatic carbocycles. The molecule has 0 aromatic carbocycles. The third-order valence-electron chi connectivity index (χ3n) is 2.60. The number of nitrogens with one attached hydrogen (secondary N) is 1. The SMILES string of the molecule is CC(Nc1nccc(C#N)c1[N+](=O)[O-])c1ccc(Cl)s1. The fourth-order valence-electron chi connectivity index (χ4n) is 1.67. The minimum Gasteiger partial charge on any atom is -0.357 e. The molecule has 8 heteroatoms. The maximum Gasteiger partial charge on any atom is 0.328 e. The Morgan fingerprint density at radius 2 is 2.30 bits per heavy atom. The number of aromatic nitrogens is 1. The fourth-order valence-corrected chi connectivity index (χ4v) is 2.74. The standard InChI is InChI=1S/C12H9ClN4O2S/c1-7(9-2-3-10(13)20-9)16-12-11(17(18)19)8(6-14)4-5-15-12/h2-5,7H,1H3,(H,15,16). The zero-order chi connectivity index (χ0) is 14.7. The van der Waals surface area contributed by atoms with Gasteiger partial charge in [0.25, 0.3) is 0 Å². The van der Waals surface area contributed by atoms with Gasteiger partial charge >= 0.3 is 5.69 Å². The topological polar surface area (TPSA) is 91.8 Å². The van der Waals surface area contributed by atoms with E-state index < -0.39 is 4.92 Å². The van der Waals surface area contributed by atoms with Crippen molar-refractivity contribution in [3.05, 3.63) is 49.3 Å². The molecule has 0 fully saturated rings. The van der Waals surface area contributed by atoms with Gasteiger partial charge in [-0.2, -0.15) is 5.26 Å². The van der Waals surface area contributed by atoms with Gasteiger partial charge in [-0.3, -0.25) is 10.1 Å². The number of nitriles is 1. The molecule has 0 amide bonds. The van der Waals surface area contributed by atoms with Crippen LogP contribution in [0.3, 0.4) is 0 Å². The highest BCUT2D eigenvalue weighted by Gasteiger charge is 2.22. The monoisotopic (exact) mass is 308 g/mol. The lowest BCUT2D eigenvalue weighted by Gasteiger charge is -2.12. The summed E-state index contributed by atoms with van der Waals surface area (Å²) in [4.78, 5) is 15.3. The molecule has 0 aliphatic rings. The van der Waals surface area contributed by atoms with E-state index in [1.54, 1.807) is 12.1 Å². The van der Waals surface area contributed by atoms with Gasteiger partial charge < -0.3 is 5.32 Å². The molecule has 6 nitrogen and oxygen atoms in total. The van der Waals surface area contributed by atoms with Gasteiger partial charge in [0.15, 0.2) is 0 Å². The first-order chi connectivity index (χ1) is 9.52. The van der Waals surface area contributed by atoms with Crippen molar-refractivity contribution >= 4 is 34.4 Å². The van der Waals surface area contributed by atoms with E-state index in [4.69, 9.17) is 16.9 Å². The van der Waals surface area contributed by atoms with E-state index in [0.29, 0.717) is 4.34 Å². The zero-order valence-electron chi connectivity index (χ0n) is 10.3. The summed E-state index contributed by atoms with van der Waals surface area (Å²) in [7, 11) is 0. The van der Waals surface area contributed by atoms with E-state index >= 15 is 0 Å².